The molecular formula is C22H29ClOZr. The van der Waals surface area contributed by atoms with Gasteiger partial charge in [-0.05, 0) is 0 Å². The molecule has 5 rings (SSSR count). The van der Waals surface area contributed by atoms with Gasteiger partial charge < -0.3 is 12.4 Å². The Morgan fingerprint density at radius 2 is 1.28 bits per heavy atom. The number of allylic oxidation sites excluding steroid dienone is 8. The van der Waals surface area contributed by atoms with Crippen molar-refractivity contribution in [1.29, 1.82) is 0 Å². The molecule has 0 aromatic rings. The molecule has 2 atom stereocenters. The predicted octanol–water partition coefficient (Wildman–Crippen LogP) is 3.55. The molecular weight excluding hydrogens is 407 g/mol. The number of hydrogen-bond acceptors (Lipinski definition) is 1. The van der Waals surface area contributed by atoms with Crippen molar-refractivity contribution in [3.63, 3.8) is 0 Å². The summed E-state index contributed by atoms with van der Waals surface area (Å²) < 4.78 is 8.33. The fourth-order valence-electron chi connectivity index (χ4n) is 5.89. The topological polar surface area (TPSA) is 9.23 Å². The van der Waals surface area contributed by atoms with Gasteiger partial charge in [-0.15, -0.1) is 0 Å². The molecule has 0 saturated carbocycles. The van der Waals surface area contributed by atoms with Gasteiger partial charge in [-0.3, -0.25) is 0 Å². The van der Waals surface area contributed by atoms with Crippen LogP contribution in [0.3, 0.4) is 0 Å². The van der Waals surface area contributed by atoms with Crippen LogP contribution in [0.2, 0.25) is 7.25 Å². The average Bonchev–Trinajstić information content (AvgIpc) is 3.12. The van der Waals surface area contributed by atoms with Crippen LogP contribution in [0.1, 0.15) is 71.1 Å². The molecule has 3 heteroatoms. The fraction of sp³-hybridized carbons (Fsp3) is 0.636. The third-order valence-corrected chi connectivity index (χ3v) is 14.7. The smallest absolute Gasteiger partial charge is 1.00 e. The van der Waals surface area contributed by atoms with Crippen LogP contribution in [-0.4, -0.2) is 6.61 Å². The molecule has 5 aliphatic rings. The fourth-order valence-corrected chi connectivity index (χ4v) is 14.6. The second-order valence-corrected chi connectivity index (χ2v) is 13.7. The molecule has 4 aliphatic carbocycles. The van der Waals surface area contributed by atoms with Crippen LogP contribution in [0.4, 0.5) is 0 Å². The first-order chi connectivity index (χ1) is 11.9. The van der Waals surface area contributed by atoms with Gasteiger partial charge >= 0.3 is 156 Å². The normalized spacial score (nSPS) is 30.7. The first-order valence-corrected chi connectivity index (χ1v) is 14.0. The molecule has 0 bridgehead atoms. The maximum Gasteiger partial charge on any atom is -1.00 e. The number of fused-ring (bicyclic) bond motifs is 4. The third kappa shape index (κ3) is 3.05. The van der Waals surface area contributed by atoms with Gasteiger partial charge in [0.2, 0.25) is 0 Å². The zero-order chi connectivity index (χ0) is 16.1. The summed E-state index contributed by atoms with van der Waals surface area (Å²) in [6.07, 6.45) is 19.0. The van der Waals surface area contributed by atoms with E-state index in [0.717, 1.165) is 13.9 Å². The van der Waals surface area contributed by atoms with Gasteiger partial charge in [-0.1, -0.05) is 0 Å². The van der Waals surface area contributed by atoms with E-state index in [1.165, 1.54) is 64.2 Å². The standard InChI is InChI=1S/C20H24.C2H5O.ClH.Zr/c1-2-6-18-12-15(11-17(18)5-1)9-10-16-13-19-7-3-4-8-20(19)14-16;1-2-3;;/h11-14H,1-10H2;2H2,1H3;1H;/q;-1;;+2/p-1. The van der Waals surface area contributed by atoms with E-state index in [0.29, 0.717) is 0 Å². The maximum atomic E-state index is 6.74. The van der Waals surface area contributed by atoms with Crippen molar-refractivity contribution >= 4 is 0 Å². The summed E-state index contributed by atoms with van der Waals surface area (Å²) in [5.41, 5.74) is 10.8. The molecule has 0 aromatic carbocycles. The van der Waals surface area contributed by atoms with Crippen molar-refractivity contribution in [3.8, 4) is 0 Å². The number of rotatable bonds is 2. The zero-order valence-corrected chi connectivity index (χ0v) is 18.6. The van der Waals surface area contributed by atoms with Crippen molar-refractivity contribution in [2.24, 2.45) is 0 Å². The van der Waals surface area contributed by atoms with Gasteiger partial charge in [-0.2, -0.15) is 0 Å². The van der Waals surface area contributed by atoms with E-state index in [9.17, 15) is 0 Å². The van der Waals surface area contributed by atoms with E-state index in [-0.39, 0.29) is 12.4 Å². The van der Waals surface area contributed by atoms with Crippen LogP contribution >= 0.6 is 0 Å². The summed E-state index contributed by atoms with van der Waals surface area (Å²) in [4.78, 5) is 0. The minimum Gasteiger partial charge on any atom is -1.00 e. The van der Waals surface area contributed by atoms with Crippen LogP contribution in [0.5, 0.6) is 0 Å². The van der Waals surface area contributed by atoms with Crippen molar-refractivity contribution < 1.29 is 37.4 Å². The minimum atomic E-state index is -2.05. The molecule has 0 radical (unpaired) electrons. The van der Waals surface area contributed by atoms with E-state index in [1.54, 1.807) is 22.3 Å². The summed E-state index contributed by atoms with van der Waals surface area (Å²) in [5, 5.41) is 0. The van der Waals surface area contributed by atoms with E-state index >= 15 is 0 Å². The molecule has 1 nitrogen and oxygen atoms in total. The summed E-state index contributed by atoms with van der Waals surface area (Å²) in [5.74, 6) is 0. The van der Waals surface area contributed by atoms with Gasteiger partial charge in [-0.25, -0.2) is 0 Å². The summed E-state index contributed by atoms with van der Waals surface area (Å²) in [6.45, 7) is 3.18. The van der Waals surface area contributed by atoms with Crippen LogP contribution in [0.15, 0.2) is 45.6 Å². The second kappa shape index (κ2) is 7.61. The van der Waals surface area contributed by atoms with Gasteiger partial charge in [0.25, 0.3) is 0 Å². The van der Waals surface area contributed by atoms with E-state index in [4.69, 9.17) is 2.81 Å². The van der Waals surface area contributed by atoms with Gasteiger partial charge in [0.15, 0.2) is 0 Å². The van der Waals surface area contributed by atoms with E-state index in [2.05, 4.69) is 19.1 Å². The van der Waals surface area contributed by atoms with Crippen molar-refractivity contribution in [1.82, 2.24) is 0 Å². The molecule has 1 aliphatic heterocycles. The Balaban J connectivity index is 0.00000157. The molecule has 0 N–H and O–H groups in total. The van der Waals surface area contributed by atoms with Crippen molar-refractivity contribution in [2.75, 3.05) is 6.61 Å². The molecule has 1 fully saturated rings. The Morgan fingerprint density at radius 1 is 0.800 bits per heavy atom. The Hall–Kier alpha value is 0.0931. The van der Waals surface area contributed by atoms with Crippen LogP contribution in [0, 0.1) is 0 Å². The zero-order valence-electron chi connectivity index (χ0n) is 15.4. The molecule has 0 aromatic heterocycles. The molecule has 25 heavy (non-hydrogen) atoms. The SMILES string of the molecule is CC[O][Zr+]1[CH]2C(=CC3=C2CCCC3)CCC2=CC3=C(CCCC3)[CH]21.[Cl-]. The first kappa shape index (κ1) is 18.5. The second-order valence-electron chi connectivity index (χ2n) is 8.16. The van der Waals surface area contributed by atoms with Gasteiger partial charge in [0.1, 0.15) is 0 Å². The van der Waals surface area contributed by atoms with Crippen molar-refractivity contribution in [3.05, 3.63) is 45.6 Å². The first-order valence-electron chi connectivity index (χ1n) is 10.2. The summed E-state index contributed by atoms with van der Waals surface area (Å²) in [7, 11) is 0. The van der Waals surface area contributed by atoms with E-state index in [1.807, 2.05) is 11.1 Å². The van der Waals surface area contributed by atoms with Crippen LogP contribution in [0.25, 0.3) is 0 Å². The molecule has 1 heterocycles. The van der Waals surface area contributed by atoms with Crippen molar-refractivity contribution in [2.45, 2.75) is 78.4 Å². The van der Waals surface area contributed by atoms with Gasteiger partial charge in [0, 0.05) is 0 Å². The molecule has 1 saturated heterocycles. The number of hydrogen-bond donors (Lipinski definition) is 0. The van der Waals surface area contributed by atoms with E-state index < -0.39 is 22.2 Å². The maximum absolute atomic E-state index is 6.74. The number of halogens is 1. The largest absolute Gasteiger partial charge is 1.00 e. The Labute approximate surface area is 167 Å². The Kier molecular flexibility index (Phi) is 5.62. The van der Waals surface area contributed by atoms with Crippen LogP contribution in [-0.2, 0) is 25.0 Å². The molecule has 2 unspecified atom stereocenters. The summed E-state index contributed by atoms with van der Waals surface area (Å²) in [6, 6.07) is 0. The molecule has 134 valence electrons. The molecule has 0 spiro atoms. The quantitative estimate of drug-likeness (QED) is 0.644. The predicted molar refractivity (Wildman–Crippen MR) is 95.5 cm³/mol. The Bertz CT molecular complexity index is 628. The Morgan fingerprint density at radius 3 is 1.76 bits per heavy atom. The molecule has 0 amide bonds. The summed E-state index contributed by atoms with van der Waals surface area (Å²) >= 11 is -2.05. The van der Waals surface area contributed by atoms with Gasteiger partial charge in [0.05, 0.1) is 0 Å². The van der Waals surface area contributed by atoms with Crippen LogP contribution < -0.4 is 12.4 Å². The third-order valence-electron chi connectivity index (χ3n) is 6.85. The minimum absolute atomic E-state index is 0. The monoisotopic (exact) mass is 434 g/mol. The average molecular weight is 436 g/mol.